The molecular weight excluding hydrogens is 1020 g/mol. The average molecular weight is 1080 g/mol. The van der Waals surface area contributed by atoms with Gasteiger partial charge < -0.3 is 0 Å². The molecule has 11 rings (SSSR count). The van der Waals surface area contributed by atoms with Crippen molar-refractivity contribution in [3.8, 4) is 0 Å². The van der Waals surface area contributed by atoms with Gasteiger partial charge in [0.25, 0.3) is 0 Å². The molecule has 0 aliphatic carbocycles. The molecule has 0 aliphatic heterocycles. The van der Waals surface area contributed by atoms with Crippen LogP contribution in [-0.4, -0.2) is 26.5 Å². The van der Waals surface area contributed by atoms with Crippen molar-refractivity contribution in [1.82, 2.24) is 0 Å². The van der Waals surface area contributed by atoms with E-state index in [1.807, 2.05) is 0 Å². The monoisotopic (exact) mass is 1080 g/mol. The zero-order valence-corrected chi connectivity index (χ0v) is 47.4. The third kappa shape index (κ3) is 9.76. The molecule has 11 aromatic carbocycles. The summed E-state index contributed by atoms with van der Waals surface area (Å²) < 4.78 is 2.96. The summed E-state index contributed by atoms with van der Waals surface area (Å²) in [6.45, 7) is 0. The van der Waals surface area contributed by atoms with Gasteiger partial charge in [-0.1, -0.05) is 72.8 Å². The van der Waals surface area contributed by atoms with Gasteiger partial charge in [-0.3, -0.25) is 0 Å². The molecule has 0 bridgehead atoms. The first-order valence-electron chi connectivity index (χ1n) is 25.8. The molecule has 74 heavy (non-hydrogen) atoms. The van der Waals surface area contributed by atoms with Crippen LogP contribution < -0.4 is 28.4 Å². The topological polar surface area (TPSA) is 13.0 Å². The number of benzene rings is 11. The van der Waals surface area contributed by atoms with E-state index in [1.54, 1.807) is 0 Å². The zero-order chi connectivity index (χ0) is 50.8. The van der Waals surface area contributed by atoms with Crippen LogP contribution >= 0.6 is 0 Å². The van der Waals surface area contributed by atoms with Crippen LogP contribution in [0.1, 0.15) is 0 Å². The van der Waals surface area contributed by atoms with Crippen LogP contribution in [0.25, 0.3) is 21.5 Å². The van der Waals surface area contributed by atoms with Crippen LogP contribution in [0, 0.1) is 0 Å². The van der Waals surface area contributed by atoms with E-state index in [0.717, 1.165) is 68.2 Å². The first kappa shape index (κ1) is 48.5. The predicted molar refractivity (Wildman–Crippen MR) is 326 cm³/mol. The minimum atomic E-state index is -2.15. The van der Waals surface area contributed by atoms with Gasteiger partial charge in [0.15, 0.2) is 0 Å². The van der Waals surface area contributed by atoms with Gasteiger partial charge in [0.1, 0.15) is 0 Å². The number of fused-ring (bicyclic) bond motifs is 2. The van der Waals surface area contributed by atoms with Crippen LogP contribution in [-0.2, 0) is 0 Å². The number of hydrogen-bond acceptors (Lipinski definition) is 4. The second-order valence-corrected chi connectivity index (χ2v) is 42.4. The Bertz CT molecular complexity index is 3270. The Hall–Kier alpha value is -7.77. The summed E-state index contributed by atoms with van der Waals surface area (Å²) in [5, 5.41) is 4.67. The van der Waals surface area contributed by atoms with Crippen molar-refractivity contribution >= 4 is 125 Å². The van der Waals surface area contributed by atoms with Crippen LogP contribution in [0.3, 0.4) is 0 Å². The van der Waals surface area contributed by atoms with Gasteiger partial charge >= 0.3 is 373 Å². The van der Waals surface area contributed by atoms with E-state index in [9.17, 15) is 0 Å². The summed E-state index contributed by atoms with van der Waals surface area (Å²) in [5.41, 5.74) is 13.3. The molecule has 0 fully saturated rings. The van der Waals surface area contributed by atoms with E-state index in [-0.39, 0.29) is 0 Å². The van der Waals surface area contributed by atoms with E-state index in [2.05, 4.69) is 321 Å². The second-order valence-electron chi connectivity index (χ2n) is 21.1. The Morgan fingerprint density at radius 2 is 0.365 bits per heavy atom. The second kappa shape index (κ2) is 20.6. The summed E-state index contributed by atoms with van der Waals surface area (Å²) in [4.78, 5) is 9.66. The number of rotatable bonds is 14. The quantitative estimate of drug-likeness (QED) is 0.0611. The SMILES string of the molecule is [CH3][Ge]([CH3])([CH3])[c]1ccc(N(c2ccc(N(c3ccccc3)c3ccccc3)cc2)c2c3ccccc3c(N(c3ccc(N(c4ccccc4)c4ccccc4)cc3)c3cc[c]([Ge]([CH3])([CH3])[CH3])cc3)c3ccccc23)cc1. The van der Waals surface area contributed by atoms with Crippen LogP contribution in [0.2, 0.25) is 34.5 Å². The molecule has 0 radical (unpaired) electrons. The van der Waals surface area contributed by atoms with Crippen LogP contribution in [0.4, 0.5) is 68.2 Å². The molecule has 362 valence electrons. The van der Waals surface area contributed by atoms with E-state index in [1.165, 1.54) is 30.3 Å². The predicted octanol–water partition coefficient (Wildman–Crippen LogP) is 19.0. The molecular formula is C68H62Ge2N4. The summed E-state index contributed by atoms with van der Waals surface area (Å²) in [7, 11) is 0. The van der Waals surface area contributed by atoms with Gasteiger partial charge in [0, 0.05) is 0 Å². The fourth-order valence-electron chi connectivity index (χ4n) is 10.3. The van der Waals surface area contributed by atoms with E-state index in [4.69, 9.17) is 0 Å². The Labute approximate surface area is 443 Å². The molecule has 0 aliphatic rings. The molecule has 0 unspecified atom stereocenters. The van der Waals surface area contributed by atoms with Gasteiger partial charge in [-0.25, -0.2) is 0 Å². The fourth-order valence-corrected chi connectivity index (χ4v) is 15.2. The van der Waals surface area contributed by atoms with Crippen molar-refractivity contribution in [1.29, 1.82) is 0 Å². The van der Waals surface area contributed by atoms with Gasteiger partial charge in [0.2, 0.25) is 0 Å². The Kier molecular flexibility index (Phi) is 13.5. The van der Waals surface area contributed by atoms with Crippen LogP contribution in [0.5, 0.6) is 0 Å². The Balaban J connectivity index is 1.12. The van der Waals surface area contributed by atoms with E-state index in [0.29, 0.717) is 0 Å². The molecule has 0 aromatic heterocycles. The normalized spacial score (nSPS) is 11.6. The Morgan fingerprint density at radius 3 is 0.581 bits per heavy atom. The van der Waals surface area contributed by atoms with E-state index >= 15 is 0 Å². The number of anilines is 12. The van der Waals surface area contributed by atoms with Crippen molar-refractivity contribution in [3.63, 3.8) is 0 Å². The van der Waals surface area contributed by atoms with Crippen molar-refractivity contribution in [2.45, 2.75) is 34.5 Å². The first-order chi connectivity index (χ1) is 36.0. The number of nitrogens with zero attached hydrogens (tertiary/aromatic N) is 4. The zero-order valence-electron chi connectivity index (χ0n) is 43.2. The number of para-hydroxylation sites is 4. The third-order valence-electron chi connectivity index (χ3n) is 14.1. The van der Waals surface area contributed by atoms with Gasteiger partial charge in [-0.2, -0.15) is 0 Å². The molecule has 11 aromatic rings. The summed E-state index contributed by atoms with van der Waals surface area (Å²) in [5.74, 6) is 14.8. The molecule has 0 saturated carbocycles. The van der Waals surface area contributed by atoms with Crippen molar-refractivity contribution in [3.05, 3.63) is 267 Å². The van der Waals surface area contributed by atoms with Crippen LogP contribution in [0.15, 0.2) is 267 Å². The Morgan fingerprint density at radius 1 is 0.189 bits per heavy atom. The molecule has 0 N–H and O–H groups in total. The number of hydrogen-bond donors (Lipinski definition) is 0. The first-order valence-corrected chi connectivity index (χ1v) is 40.5. The molecule has 0 heterocycles. The van der Waals surface area contributed by atoms with Crippen molar-refractivity contribution < 1.29 is 0 Å². The maximum atomic E-state index is 2.50. The van der Waals surface area contributed by atoms with Gasteiger partial charge in [-0.05, 0) is 0 Å². The molecule has 0 amide bonds. The summed E-state index contributed by atoms with van der Waals surface area (Å²) in [6, 6.07) is 97.9. The minimum absolute atomic E-state index is 1.08. The maximum absolute atomic E-state index is 2.50. The molecule has 0 saturated heterocycles. The average Bonchev–Trinajstić information content (AvgIpc) is 3.44. The van der Waals surface area contributed by atoms with Gasteiger partial charge in [-0.15, -0.1) is 0 Å². The third-order valence-corrected chi connectivity index (χ3v) is 22.8. The summed E-state index contributed by atoms with van der Waals surface area (Å²) >= 11 is -4.31. The fraction of sp³-hybridized carbons (Fsp3) is 0.0882. The van der Waals surface area contributed by atoms with E-state index < -0.39 is 26.5 Å². The van der Waals surface area contributed by atoms with Gasteiger partial charge in [0.05, 0.1) is 0 Å². The van der Waals surface area contributed by atoms with Crippen molar-refractivity contribution in [2.24, 2.45) is 0 Å². The molecule has 0 atom stereocenters. The molecule has 0 spiro atoms. The molecule has 6 heteroatoms. The molecule has 4 nitrogen and oxygen atoms in total. The van der Waals surface area contributed by atoms with Crippen molar-refractivity contribution in [2.75, 3.05) is 19.6 Å². The summed E-state index contributed by atoms with van der Waals surface area (Å²) in [6.07, 6.45) is 0. The standard InChI is InChI=1S/C68H62Ge2N4/c1-69(2,3)51-35-39-59(40-36-51)73(61-47-43-57(44-48-61)71(53-23-11-7-12-24-53)54-25-13-8-14-26-54)67-63-31-19-21-33-65(63)68(66-34-22-20-32-64(66)67)74(60-41-37-52(38-42-60)70(4,5)6)62-49-45-58(46-50-62)72(55-27-15-9-16-28-55)56-29-17-10-18-30-56/h7-50H,1-6H3.